The molecule has 0 spiro atoms. The highest BCUT2D eigenvalue weighted by molar-refractivity contribution is 6.04. The number of hydrogen-bond donors (Lipinski definition) is 3. The summed E-state index contributed by atoms with van der Waals surface area (Å²) in [7, 11) is 0. The first kappa shape index (κ1) is 14.6. The lowest BCUT2D eigenvalue weighted by atomic mass is 10.1. The average Bonchev–Trinajstić information content (AvgIpc) is 2.45. The van der Waals surface area contributed by atoms with Gasteiger partial charge in [-0.3, -0.25) is 4.79 Å². The van der Waals surface area contributed by atoms with E-state index in [4.69, 9.17) is 5.73 Å². The fourth-order valence-corrected chi connectivity index (χ4v) is 1.80. The number of pyridine rings is 1. The standard InChI is InChI=1S/C16H15N3O2/c1-11-10-13(20)7-8-14(11)16(21)19-15-6-2-4-12(18-15)5-3-9-17/h2,4,6-8,10,20H,9,17H2,1H3,(H,18,19,21). The predicted molar refractivity (Wildman–Crippen MR) is 81.0 cm³/mol. The summed E-state index contributed by atoms with van der Waals surface area (Å²) in [5.41, 5.74) is 7.02. The van der Waals surface area contributed by atoms with E-state index in [1.807, 2.05) is 0 Å². The lowest BCUT2D eigenvalue weighted by Gasteiger charge is -2.07. The second-order valence-electron chi connectivity index (χ2n) is 4.37. The molecule has 2 aromatic rings. The Bertz CT molecular complexity index is 730. The zero-order valence-electron chi connectivity index (χ0n) is 11.6. The third-order valence-corrected chi connectivity index (χ3v) is 2.76. The number of nitrogens with one attached hydrogen (secondary N) is 1. The fourth-order valence-electron chi connectivity index (χ4n) is 1.80. The van der Waals surface area contributed by atoms with Crippen LogP contribution < -0.4 is 11.1 Å². The highest BCUT2D eigenvalue weighted by Crippen LogP contribution is 2.17. The van der Waals surface area contributed by atoms with Gasteiger partial charge in [-0.15, -0.1) is 0 Å². The van der Waals surface area contributed by atoms with Crippen molar-refractivity contribution in [1.82, 2.24) is 4.98 Å². The van der Waals surface area contributed by atoms with Gasteiger partial charge >= 0.3 is 0 Å². The fraction of sp³-hybridized carbons (Fsp3) is 0.125. The number of carbonyl (C=O) groups is 1. The minimum atomic E-state index is -0.288. The molecule has 0 aliphatic carbocycles. The first-order chi connectivity index (χ1) is 10.1. The van der Waals surface area contributed by atoms with Gasteiger partial charge in [0.05, 0.1) is 6.54 Å². The van der Waals surface area contributed by atoms with E-state index in [2.05, 4.69) is 22.1 Å². The summed E-state index contributed by atoms with van der Waals surface area (Å²) < 4.78 is 0. The molecule has 0 aliphatic heterocycles. The van der Waals surface area contributed by atoms with Crippen molar-refractivity contribution in [2.45, 2.75) is 6.92 Å². The number of phenolic OH excluding ortho intramolecular Hbond substituents is 1. The van der Waals surface area contributed by atoms with E-state index in [0.717, 1.165) is 0 Å². The molecule has 0 aliphatic rings. The number of amides is 1. The lowest BCUT2D eigenvalue weighted by molar-refractivity contribution is 0.102. The Morgan fingerprint density at radius 2 is 2.19 bits per heavy atom. The SMILES string of the molecule is Cc1cc(O)ccc1C(=O)Nc1cccc(C#CCN)n1. The number of hydrogen-bond acceptors (Lipinski definition) is 4. The van der Waals surface area contributed by atoms with E-state index >= 15 is 0 Å². The summed E-state index contributed by atoms with van der Waals surface area (Å²) in [6, 6.07) is 9.75. The summed E-state index contributed by atoms with van der Waals surface area (Å²) in [6.07, 6.45) is 0. The van der Waals surface area contributed by atoms with Gasteiger partial charge in [-0.25, -0.2) is 4.98 Å². The molecule has 1 aromatic carbocycles. The smallest absolute Gasteiger partial charge is 0.257 e. The molecular formula is C16H15N3O2. The topological polar surface area (TPSA) is 88.2 Å². The van der Waals surface area contributed by atoms with Gasteiger partial charge in [-0.05, 0) is 48.7 Å². The Labute approximate surface area is 122 Å². The van der Waals surface area contributed by atoms with Gasteiger partial charge in [-0.1, -0.05) is 12.0 Å². The van der Waals surface area contributed by atoms with Crippen LogP contribution in [0.2, 0.25) is 0 Å². The van der Waals surface area contributed by atoms with Crippen LogP contribution in [-0.2, 0) is 0 Å². The average molecular weight is 281 g/mol. The Morgan fingerprint density at radius 3 is 2.90 bits per heavy atom. The second kappa shape index (κ2) is 6.55. The van der Waals surface area contributed by atoms with Crippen molar-refractivity contribution < 1.29 is 9.90 Å². The molecule has 1 aromatic heterocycles. The molecular weight excluding hydrogens is 266 g/mol. The van der Waals surface area contributed by atoms with Crippen LogP contribution in [0.4, 0.5) is 5.82 Å². The van der Waals surface area contributed by atoms with Gasteiger partial charge in [0.15, 0.2) is 0 Å². The molecule has 5 nitrogen and oxygen atoms in total. The molecule has 0 unspecified atom stereocenters. The van der Waals surface area contributed by atoms with Crippen molar-refractivity contribution in [3.05, 3.63) is 53.2 Å². The van der Waals surface area contributed by atoms with Crippen molar-refractivity contribution in [2.75, 3.05) is 11.9 Å². The Kier molecular flexibility index (Phi) is 4.54. The zero-order chi connectivity index (χ0) is 15.2. The number of phenols is 1. The van der Waals surface area contributed by atoms with E-state index in [1.54, 1.807) is 31.2 Å². The number of rotatable bonds is 2. The van der Waals surface area contributed by atoms with E-state index < -0.39 is 0 Å². The van der Waals surface area contributed by atoms with Crippen LogP contribution in [0.15, 0.2) is 36.4 Å². The third kappa shape index (κ3) is 3.81. The van der Waals surface area contributed by atoms with Crippen LogP contribution in [-0.4, -0.2) is 22.5 Å². The highest BCUT2D eigenvalue weighted by atomic mass is 16.3. The number of nitrogens with two attached hydrogens (primary N) is 1. The number of benzene rings is 1. The normalized spacial score (nSPS) is 9.62. The molecule has 21 heavy (non-hydrogen) atoms. The number of aromatic nitrogens is 1. The molecule has 2 rings (SSSR count). The van der Waals surface area contributed by atoms with Crippen LogP contribution in [0, 0.1) is 18.8 Å². The summed E-state index contributed by atoms with van der Waals surface area (Å²) in [5, 5.41) is 12.1. The van der Waals surface area contributed by atoms with Crippen molar-refractivity contribution >= 4 is 11.7 Å². The van der Waals surface area contributed by atoms with Crippen LogP contribution in [0.3, 0.4) is 0 Å². The van der Waals surface area contributed by atoms with Crippen LogP contribution >= 0.6 is 0 Å². The van der Waals surface area contributed by atoms with Crippen LogP contribution in [0.5, 0.6) is 5.75 Å². The van der Waals surface area contributed by atoms with Crippen molar-refractivity contribution in [3.63, 3.8) is 0 Å². The summed E-state index contributed by atoms with van der Waals surface area (Å²) >= 11 is 0. The van der Waals surface area contributed by atoms with Crippen molar-refractivity contribution in [1.29, 1.82) is 0 Å². The maximum Gasteiger partial charge on any atom is 0.257 e. The Morgan fingerprint density at radius 1 is 1.38 bits per heavy atom. The molecule has 0 saturated carbocycles. The monoisotopic (exact) mass is 281 g/mol. The van der Waals surface area contributed by atoms with Gasteiger partial charge < -0.3 is 16.2 Å². The van der Waals surface area contributed by atoms with Gasteiger partial charge in [-0.2, -0.15) is 0 Å². The zero-order valence-corrected chi connectivity index (χ0v) is 11.6. The third-order valence-electron chi connectivity index (χ3n) is 2.76. The number of anilines is 1. The van der Waals surface area contributed by atoms with Crippen LogP contribution in [0.25, 0.3) is 0 Å². The van der Waals surface area contributed by atoms with Gasteiger partial charge in [0.1, 0.15) is 17.3 Å². The number of nitrogens with zero attached hydrogens (tertiary/aromatic N) is 1. The number of aryl methyl sites for hydroxylation is 1. The summed E-state index contributed by atoms with van der Waals surface area (Å²) in [6.45, 7) is 2.01. The minimum Gasteiger partial charge on any atom is -0.508 e. The highest BCUT2D eigenvalue weighted by Gasteiger charge is 2.10. The molecule has 1 amide bonds. The molecule has 4 N–H and O–H groups in total. The van der Waals surface area contributed by atoms with E-state index in [1.165, 1.54) is 12.1 Å². The lowest BCUT2D eigenvalue weighted by Crippen LogP contribution is -2.14. The van der Waals surface area contributed by atoms with E-state index in [-0.39, 0.29) is 18.2 Å². The molecule has 1 heterocycles. The molecule has 5 heteroatoms. The summed E-state index contributed by atoms with van der Waals surface area (Å²) in [4.78, 5) is 16.4. The molecule has 0 atom stereocenters. The molecule has 0 radical (unpaired) electrons. The minimum absolute atomic E-state index is 0.126. The van der Waals surface area contributed by atoms with Gasteiger partial charge in [0.2, 0.25) is 0 Å². The number of carbonyl (C=O) groups excluding carboxylic acids is 1. The Hall–Kier alpha value is -2.84. The Balaban J connectivity index is 2.19. The molecule has 0 fully saturated rings. The maximum atomic E-state index is 12.2. The van der Waals surface area contributed by atoms with Gasteiger partial charge in [0, 0.05) is 5.56 Å². The second-order valence-corrected chi connectivity index (χ2v) is 4.37. The molecule has 106 valence electrons. The van der Waals surface area contributed by atoms with Crippen LogP contribution in [0.1, 0.15) is 21.6 Å². The van der Waals surface area contributed by atoms with Crippen molar-refractivity contribution in [3.8, 4) is 17.6 Å². The summed E-state index contributed by atoms with van der Waals surface area (Å²) in [5.74, 6) is 5.76. The largest absolute Gasteiger partial charge is 0.508 e. The number of aromatic hydroxyl groups is 1. The molecule has 0 bridgehead atoms. The quantitative estimate of drug-likeness (QED) is 0.730. The maximum absolute atomic E-state index is 12.2. The van der Waals surface area contributed by atoms with E-state index in [0.29, 0.717) is 22.6 Å². The van der Waals surface area contributed by atoms with Gasteiger partial charge in [0.25, 0.3) is 5.91 Å². The van der Waals surface area contributed by atoms with Crippen molar-refractivity contribution in [2.24, 2.45) is 5.73 Å². The predicted octanol–water partition coefficient (Wildman–Crippen LogP) is 1.66. The van der Waals surface area contributed by atoms with E-state index in [9.17, 15) is 9.90 Å². The first-order valence-electron chi connectivity index (χ1n) is 6.37. The first-order valence-corrected chi connectivity index (χ1v) is 6.37. The molecule has 0 saturated heterocycles.